The maximum atomic E-state index is 12.9. The molecule has 0 radical (unpaired) electrons. The van der Waals surface area contributed by atoms with Crippen molar-refractivity contribution in [3.63, 3.8) is 0 Å². The summed E-state index contributed by atoms with van der Waals surface area (Å²) in [5.74, 6) is 0.532. The minimum Gasteiger partial charge on any atom is -0.487 e. The maximum absolute atomic E-state index is 12.9. The molecule has 28 heavy (non-hydrogen) atoms. The number of anilines is 1. The molecular formula is C21H26N2O4S. The average molecular weight is 403 g/mol. The number of carbonyl (C=O) groups excluding carboxylic acids is 1. The fourth-order valence-corrected chi connectivity index (χ4v) is 3.86. The molecule has 6 nitrogen and oxygen atoms in total. The molecule has 0 saturated heterocycles. The van der Waals surface area contributed by atoms with E-state index in [2.05, 4.69) is 5.32 Å². The summed E-state index contributed by atoms with van der Waals surface area (Å²) in [4.78, 5) is 12.9. The van der Waals surface area contributed by atoms with Gasteiger partial charge >= 0.3 is 0 Å². The Morgan fingerprint density at radius 2 is 1.93 bits per heavy atom. The highest BCUT2D eigenvalue weighted by Gasteiger charge is 2.34. The smallest absolute Gasteiger partial charge is 0.251 e. The van der Waals surface area contributed by atoms with Crippen LogP contribution in [0.1, 0.15) is 47.8 Å². The van der Waals surface area contributed by atoms with Gasteiger partial charge in [-0.3, -0.25) is 9.10 Å². The van der Waals surface area contributed by atoms with Crippen LogP contribution in [0.2, 0.25) is 0 Å². The van der Waals surface area contributed by atoms with Crippen molar-refractivity contribution in [2.24, 2.45) is 0 Å². The molecule has 0 aliphatic carbocycles. The van der Waals surface area contributed by atoms with Gasteiger partial charge in [0.05, 0.1) is 18.0 Å². The van der Waals surface area contributed by atoms with Crippen LogP contribution >= 0.6 is 0 Å². The Hall–Kier alpha value is -2.54. The van der Waals surface area contributed by atoms with Gasteiger partial charge in [-0.2, -0.15) is 0 Å². The van der Waals surface area contributed by atoms with Crippen LogP contribution in [0.4, 0.5) is 5.69 Å². The SMILES string of the molecule is Cc1ccc2c(c1)OC(C)(C)C[C@@H]2NC(=O)c1cccc(N(C)S(C)(=O)=O)c1. The molecule has 0 aromatic heterocycles. The number of hydrogen-bond acceptors (Lipinski definition) is 4. The van der Waals surface area contributed by atoms with Crippen LogP contribution in [-0.2, 0) is 10.0 Å². The molecule has 2 aromatic rings. The first-order chi connectivity index (χ1) is 13.0. The number of sulfonamides is 1. The van der Waals surface area contributed by atoms with E-state index in [0.29, 0.717) is 17.7 Å². The summed E-state index contributed by atoms with van der Waals surface area (Å²) < 4.78 is 30.8. The van der Waals surface area contributed by atoms with Gasteiger partial charge in [-0.15, -0.1) is 0 Å². The predicted octanol–water partition coefficient (Wildman–Crippen LogP) is 3.42. The lowest BCUT2D eigenvalue weighted by atomic mass is 9.89. The van der Waals surface area contributed by atoms with Crippen LogP contribution in [0.25, 0.3) is 0 Å². The Balaban J connectivity index is 1.88. The van der Waals surface area contributed by atoms with Crippen molar-refractivity contribution >= 4 is 21.6 Å². The van der Waals surface area contributed by atoms with Crippen LogP contribution < -0.4 is 14.4 Å². The fraction of sp³-hybridized carbons (Fsp3) is 0.381. The van der Waals surface area contributed by atoms with Crippen LogP contribution in [0.15, 0.2) is 42.5 Å². The second kappa shape index (κ2) is 7.13. The Morgan fingerprint density at radius 1 is 1.21 bits per heavy atom. The molecule has 3 rings (SSSR count). The zero-order chi connectivity index (χ0) is 20.7. The van der Waals surface area contributed by atoms with Gasteiger partial charge < -0.3 is 10.1 Å². The third-order valence-corrected chi connectivity index (χ3v) is 6.11. The van der Waals surface area contributed by atoms with E-state index in [1.54, 1.807) is 24.3 Å². The molecule has 2 aromatic carbocycles. The highest BCUT2D eigenvalue weighted by atomic mass is 32.2. The van der Waals surface area contributed by atoms with Gasteiger partial charge in [-0.25, -0.2) is 8.42 Å². The van der Waals surface area contributed by atoms with Crippen LogP contribution in [-0.4, -0.2) is 33.2 Å². The Morgan fingerprint density at radius 3 is 2.61 bits per heavy atom. The number of ether oxygens (including phenoxy) is 1. The minimum absolute atomic E-state index is 0.192. The third-order valence-electron chi connectivity index (χ3n) is 4.90. The van der Waals surface area contributed by atoms with Gasteiger partial charge in [0.25, 0.3) is 5.91 Å². The lowest BCUT2D eigenvalue weighted by molar-refractivity contribution is 0.0619. The van der Waals surface area contributed by atoms with Crippen molar-refractivity contribution in [2.45, 2.75) is 38.8 Å². The van der Waals surface area contributed by atoms with Gasteiger partial charge in [-0.1, -0.05) is 18.2 Å². The molecule has 1 aliphatic rings. The van der Waals surface area contributed by atoms with E-state index in [0.717, 1.165) is 27.4 Å². The molecule has 1 atom stereocenters. The summed E-state index contributed by atoms with van der Waals surface area (Å²) in [6, 6.07) is 12.4. The zero-order valence-electron chi connectivity index (χ0n) is 16.8. The second-order valence-corrected chi connectivity index (χ2v) is 9.93. The molecule has 1 heterocycles. The summed E-state index contributed by atoms with van der Waals surface area (Å²) in [5.41, 5.74) is 2.49. The second-order valence-electron chi connectivity index (χ2n) is 7.91. The number of fused-ring (bicyclic) bond motifs is 1. The lowest BCUT2D eigenvalue weighted by Gasteiger charge is -2.38. The standard InChI is InChI=1S/C21H26N2O4S/c1-14-9-10-17-18(13-21(2,3)27-19(17)11-14)22-20(24)15-7-6-8-16(12-15)23(4)28(5,25)26/h6-12,18H,13H2,1-5H3,(H,22,24)/t18-/m0/s1. The van der Waals surface area contributed by atoms with E-state index in [9.17, 15) is 13.2 Å². The maximum Gasteiger partial charge on any atom is 0.251 e. The van der Waals surface area contributed by atoms with Crippen molar-refractivity contribution in [2.75, 3.05) is 17.6 Å². The van der Waals surface area contributed by atoms with Crippen molar-refractivity contribution in [3.05, 3.63) is 59.2 Å². The Kier molecular flexibility index (Phi) is 5.14. The van der Waals surface area contributed by atoms with Crippen molar-refractivity contribution < 1.29 is 17.9 Å². The first-order valence-corrected chi connectivity index (χ1v) is 11.0. The number of rotatable bonds is 4. The summed E-state index contributed by atoms with van der Waals surface area (Å²) in [5, 5.41) is 3.08. The molecule has 1 N–H and O–H groups in total. The molecular weight excluding hydrogens is 376 g/mol. The van der Waals surface area contributed by atoms with E-state index in [1.807, 2.05) is 39.0 Å². The number of carbonyl (C=O) groups is 1. The van der Waals surface area contributed by atoms with E-state index < -0.39 is 15.6 Å². The first-order valence-electron chi connectivity index (χ1n) is 9.11. The quantitative estimate of drug-likeness (QED) is 0.850. The molecule has 0 spiro atoms. The van der Waals surface area contributed by atoms with Crippen molar-refractivity contribution in [3.8, 4) is 5.75 Å². The molecule has 0 bridgehead atoms. The minimum atomic E-state index is -3.40. The highest BCUT2D eigenvalue weighted by molar-refractivity contribution is 7.92. The highest BCUT2D eigenvalue weighted by Crippen LogP contribution is 2.40. The molecule has 150 valence electrons. The number of aryl methyl sites for hydroxylation is 1. The summed E-state index contributed by atoms with van der Waals surface area (Å²) in [7, 11) is -1.94. The van der Waals surface area contributed by atoms with Crippen molar-refractivity contribution in [1.29, 1.82) is 0 Å². The molecule has 0 unspecified atom stereocenters. The number of amides is 1. The molecule has 7 heteroatoms. The average Bonchev–Trinajstić information content (AvgIpc) is 2.59. The molecule has 0 fully saturated rings. The van der Waals surface area contributed by atoms with E-state index in [4.69, 9.17) is 4.74 Å². The summed E-state index contributed by atoms with van der Waals surface area (Å²) in [6.45, 7) is 6.00. The predicted molar refractivity (Wildman–Crippen MR) is 110 cm³/mol. The summed E-state index contributed by atoms with van der Waals surface area (Å²) >= 11 is 0. The van der Waals surface area contributed by atoms with Gasteiger partial charge in [-0.05, 0) is 50.6 Å². The van der Waals surface area contributed by atoms with Crippen LogP contribution in [0.5, 0.6) is 5.75 Å². The number of hydrogen-bond donors (Lipinski definition) is 1. The van der Waals surface area contributed by atoms with Crippen LogP contribution in [0, 0.1) is 6.92 Å². The van der Waals surface area contributed by atoms with Crippen LogP contribution in [0.3, 0.4) is 0 Å². The van der Waals surface area contributed by atoms with E-state index in [-0.39, 0.29) is 11.9 Å². The van der Waals surface area contributed by atoms with Crippen molar-refractivity contribution in [1.82, 2.24) is 5.32 Å². The Bertz CT molecular complexity index is 1010. The van der Waals surface area contributed by atoms with Gasteiger partial charge in [0.1, 0.15) is 11.4 Å². The zero-order valence-corrected chi connectivity index (χ0v) is 17.6. The Labute approximate surface area is 166 Å². The topological polar surface area (TPSA) is 75.7 Å². The lowest BCUT2D eigenvalue weighted by Crippen LogP contribution is -2.41. The van der Waals surface area contributed by atoms with Gasteiger partial charge in [0, 0.05) is 24.6 Å². The largest absolute Gasteiger partial charge is 0.487 e. The number of nitrogens with one attached hydrogen (secondary N) is 1. The molecule has 1 aliphatic heterocycles. The third kappa shape index (κ3) is 4.30. The fourth-order valence-electron chi connectivity index (χ4n) is 3.36. The summed E-state index contributed by atoms with van der Waals surface area (Å²) in [6.07, 6.45) is 1.76. The molecule has 0 saturated carbocycles. The number of benzene rings is 2. The van der Waals surface area contributed by atoms with Gasteiger partial charge in [0.2, 0.25) is 10.0 Å². The van der Waals surface area contributed by atoms with E-state index in [1.165, 1.54) is 7.05 Å². The normalized spacial score (nSPS) is 18.0. The van der Waals surface area contributed by atoms with Gasteiger partial charge in [0.15, 0.2) is 0 Å². The van der Waals surface area contributed by atoms with E-state index >= 15 is 0 Å². The number of nitrogens with zero attached hydrogens (tertiary/aromatic N) is 1. The first kappa shape index (κ1) is 20.2. The molecule has 1 amide bonds. The monoisotopic (exact) mass is 402 g/mol.